The maximum Gasteiger partial charge on any atom is 0.213 e. The van der Waals surface area contributed by atoms with Crippen molar-refractivity contribution in [1.29, 1.82) is 0 Å². The van der Waals surface area contributed by atoms with Gasteiger partial charge in [-0.3, -0.25) is 4.90 Å². The molecule has 3 rings (SSSR count). The van der Waals surface area contributed by atoms with E-state index in [0.717, 1.165) is 42.8 Å². The van der Waals surface area contributed by atoms with Gasteiger partial charge in [0.1, 0.15) is 0 Å². The van der Waals surface area contributed by atoms with Crippen molar-refractivity contribution in [2.75, 3.05) is 19.7 Å². The third kappa shape index (κ3) is 3.58. The maximum absolute atomic E-state index is 5.71. The highest BCUT2D eigenvalue weighted by atomic mass is 16.5. The topological polar surface area (TPSA) is 41.2 Å². The summed E-state index contributed by atoms with van der Waals surface area (Å²) in [5.74, 6) is 0.728. The zero-order chi connectivity index (χ0) is 16.1. The molecule has 2 aromatic rings. The summed E-state index contributed by atoms with van der Waals surface area (Å²) in [7, 11) is 0. The van der Waals surface area contributed by atoms with Crippen LogP contribution in [0.2, 0.25) is 0 Å². The molecule has 0 amide bonds. The predicted molar refractivity (Wildman–Crippen MR) is 94.9 cm³/mol. The summed E-state index contributed by atoms with van der Waals surface area (Å²) < 4.78 is 5.71. The van der Waals surface area contributed by atoms with Gasteiger partial charge in [-0.1, -0.05) is 32.4 Å². The number of nitrogens with one attached hydrogen (secondary N) is 1. The molecule has 3 heterocycles. The lowest BCUT2D eigenvalue weighted by Crippen LogP contribution is -2.32. The van der Waals surface area contributed by atoms with Crippen molar-refractivity contribution >= 4 is 11.0 Å². The summed E-state index contributed by atoms with van der Waals surface area (Å²) >= 11 is 0. The summed E-state index contributed by atoms with van der Waals surface area (Å²) in [5.41, 5.74) is 3.44. The lowest BCUT2D eigenvalue weighted by atomic mass is 10.00. The number of nitrogens with zero attached hydrogens (tertiary/aromatic N) is 2. The molecule has 0 aliphatic carbocycles. The fourth-order valence-corrected chi connectivity index (χ4v) is 3.19. The van der Waals surface area contributed by atoms with Crippen molar-refractivity contribution in [1.82, 2.24) is 14.9 Å². The fraction of sp³-hybridized carbons (Fsp3) is 0.526. The molecule has 0 bridgehead atoms. The van der Waals surface area contributed by atoms with Crippen LogP contribution in [0.1, 0.15) is 51.1 Å². The SMILES string of the molecule is CCCCN1CC=CCC1c1c[nH]c2ccc(OCCC)nc12. The number of unbranched alkanes of at least 4 members (excludes halogenated alkanes) is 1. The van der Waals surface area contributed by atoms with Gasteiger partial charge in [0.2, 0.25) is 5.88 Å². The van der Waals surface area contributed by atoms with Crippen LogP contribution in [0.25, 0.3) is 11.0 Å². The van der Waals surface area contributed by atoms with Crippen LogP contribution in [0.4, 0.5) is 0 Å². The molecule has 1 atom stereocenters. The molecule has 0 spiro atoms. The molecule has 1 aliphatic rings. The Morgan fingerprint density at radius 1 is 1.26 bits per heavy atom. The van der Waals surface area contributed by atoms with Crippen molar-refractivity contribution in [2.24, 2.45) is 0 Å². The Hall–Kier alpha value is -1.81. The molecule has 4 nitrogen and oxygen atoms in total. The molecule has 23 heavy (non-hydrogen) atoms. The minimum absolute atomic E-state index is 0.411. The van der Waals surface area contributed by atoms with Crippen molar-refractivity contribution in [2.45, 2.75) is 45.6 Å². The van der Waals surface area contributed by atoms with Crippen molar-refractivity contribution < 1.29 is 4.74 Å². The van der Waals surface area contributed by atoms with Crippen molar-refractivity contribution in [3.8, 4) is 5.88 Å². The summed E-state index contributed by atoms with van der Waals surface area (Å²) in [6, 6.07) is 4.44. The van der Waals surface area contributed by atoms with Crippen LogP contribution in [0, 0.1) is 0 Å². The number of ether oxygens (including phenoxy) is 1. The third-order valence-electron chi connectivity index (χ3n) is 4.44. The number of fused-ring (bicyclic) bond motifs is 1. The highest BCUT2D eigenvalue weighted by Crippen LogP contribution is 2.33. The number of rotatable bonds is 7. The molecule has 0 saturated carbocycles. The Balaban J connectivity index is 1.89. The molecule has 2 aromatic heterocycles. The third-order valence-corrected chi connectivity index (χ3v) is 4.44. The Morgan fingerprint density at radius 3 is 3.00 bits per heavy atom. The second kappa shape index (κ2) is 7.64. The van der Waals surface area contributed by atoms with E-state index in [4.69, 9.17) is 9.72 Å². The second-order valence-electron chi connectivity index (χ2n) is 6.21. The Kier molecular flexibility index (Phi) is 5.34. The van der Waals surface area contributed by atoms with E-state index >= 15 is 0 Å². The average Bonchev–Trinajstić information content (AvgIpc) is 3.01. The number of pyridine rings is 1. The Labute approximate surface area is 138 Å². The monoisotopic (exact) mass is 313 g/mol. The number of H-pyrrole nitrogens is 1. The van der Waals surface area contributed by atoms with Gasteiger partial charge in [-0.05, 0) is 31.9 Å². The first-order chi connectivity index (χ1) is 11.3. The van der Waals surface area contributed by atoms with Crippen LogP contribution in [0.3, 0.4) is 0 Å². The van der Waals surface area contributed by atoms with E-state index in [0.29, 0.717) is 12.6 Å². The summed E-state index contributed by atoms with van der Waals surface area (Å²) in [6.45, 7) is 7.25. The van der Waals surface area contributed by atoms with Crippen LogP contribution < -0.4 is 4.74 Å². The highest BCUT2D eigenvalue weighted by Gasteiger charge is 2.24. The maximum atomic E-state index is 5.71. The number of hydrogen-bond donors (Lipinski definition) is 1. The van der Waals surface area contributed by atoms with Crippen LogP contribution in [-0.4, -0.2) is 34.6 Å². The minimum Gasteiger partial charge on any atom is -0.478 e. The van der Waals surface area contributed by atoms with E-state index in [-0.39, 0.29) is 0 Å². The standard InChI is InChI=1S/C19H27N3O/c1-3-5-11-22-12-7-6-8-17(22)15-14-20-16-9-10-18(21-19(15)16)23-13-4-2/h6-7,9-10,14,17,20H,3-5,8,11-13H2,1-2H3. The number of hydrogen-bond acceptors (Lipinski definition) is 3. The number of aromatic nitrogens is 2. The van der Waals surface area contributed by atoms with Gasteiger partial charge in [-0.15, -0.1) is 0 Å². The molecule has 1 unspecified atom stereocenters. The molecule has 4 heteroatoms. The molecule has 0 aromatic carbocycles. The van der Waals surface area contributed by atoms with E-state index in [1.165, 1.54) is 18.4 Å². The largest absolute Gasteiger partial charge is 0.478 e. The minimum atomic E-state index is 0.411. The summed E-state index contributed by atoms with van der Waals surface area (Å²) in [4.78, 5) is 10.7. The molecule has 0 radical (unpaired) electrons. The van der Waals surface area contributed by atoms with Crippen LogP contribution in [0.5, 0.6) is 5.88 Å². The van der Waals surface area contributed by atoms with Crippen molar-refractivity contribution in [3.63, 3.8) is 0 Å². The Bertz CT molecular complexity index is 662. The van der Waals surface area contributed by atoms with Crippen LogP contribution in [0.15, 0.2) is 30.5 Å². The van der Waals surface area contributed by atoms with E-state index in [1.54, 1.807) is 0 Å². The fourth-order valence-electron chi connectivity index (χ4n) is 3.19. The average molecular weight is 313 g/mol. The Morgan fingerprint density at radius 2 is 2.17 bits per heavy atom. The normalized spacial score (nSPS) is 18.6. The molecular weight excluding hydrogens is 286 g/mol. The zero-order valence-corrected chi connectivity index (χ0v) is 14.2. The van der Waals surface area contributed by atoms with Gasteiger partial charge in [-0.25, -0.2) is 4.98 Å². The first-order valence-corrected chi connectivity index (χ1v) is 8.83. The second-order valence-corrected chi connectivity index (χ2v) is 6.21. The molecule has 0 fully saturated rings. The van der Waals surface area contributed by atoms with E-state index in [9.17, 15) is 0 Å². The van der Waals surface area contributed by atoms with Gasteiger partial charge in [0.25, 0.3) is 0 Å². The summed E-state index contributed by atoms with van der Waals surface area (Å²) in [6.07, 6.45) is 11.2. The van der Waals surface area contributed by atoms with Gasteiger partial charge in [0, 0.05) is 30.4 Å². The quantitative estimate of drug-likeness (QED) is 0.768. The van der Waals surface area contributed by atoms with Crippen LogP contribution >= 0.6 is 0 Å². The lowest BCUT2D eigenvalue weighted by Gasteiger charge is -2.32. The van der Waals surface area contributed by atoms with Crippen molar-refractivity contribution in [3.05, 3.63) is 36.0 Å². The van der Waals surface area contributed by atoms with E-state index < -0.39 is 0 Å². The number of aromatic amines is 1. The predicted octanol–water partition coefficient (Wildman–Crippen LogP) is 4.45. The smallest absolute Gasteiger partial charge is 0.213 e. The first kappa shape index (κ1) is 16.1. The molecular formula is C19H27N3O. The molecule has 1 N–H and O–H groups in total. The molecule has 0 saturated heterocycles. The van der Waals surface area contributed by atoms with E-state index in [1.807, 2.05) is 6.07 Å². The molecule has 124 valence electrons. The van der Waals surface area contributed by atoms with Gasteiger partial charge < -0.3 is 9.72 Å². The van der Waals surface area contributed by atoms with Gasteiger partial charge >= 0.3 is 0 Å². The highest BCUT2D eigenvalue weighted by molar-refractivity contribution is 5.80. The van der Waals surface area contributed by atoms with Gasteiger partial charge in [-0.2, -0.15) is 0 Å². The van der Waals surface area contributed by atoms with E-state index in [2.05, 4.69) is 48.1 Å². The van der Waals surface area contributed by atoms with Crippen LogP contribution in [-0.2, 0) is 0 Å². The van der Waals surface area contributed by atoms with Gasteiger partial charge in [0.15, 0.2) is 0 Å². The van der Waals surface area contributed by atoms with Gasteiger partial charge in [0.05, 0.1) is 17.6 Å². The first-order valence-electron chi connectivity index (χ1n) is 8.83. The summed E-state index contributed by atoms with van der Waals surface area (Å²) in [5, 5.41) is 0. The zero-order valence-electron chi connectivity index (χ0n) is 14.2. The lowest BCUT2D eigenvalue weighted by molar-refractivity contribution is 0.208. The molecule has 1 aliphatic heterocycles.